The Labute approximate surface area is 139 Å². The molecule has 0 heterocycles. The van der Waals surface area contributed by atoms with Crippen LogP contribution in [0.3, 0.4) is 0 Å². The van der Waals surface area contributed by atoms with Crippen LogP contribution < -0.4 is 15.2 Å². The van der Waals surface area contributed by atoms with E-state index in [4.69, 9.17) is 10.5 Å². The highest BCUT2D eigenvalue weighted by Crippen LogP contribution is 2.30. The van der Waals surface area contributed by atoms with Crippen LogP contribution in [0, 0.1) is 0 Å². The molecule has 2 aromatic carbocycles. The van der Waals surface area contributed by atoms with E-state index in [-0.39, 0.29) is 4.90 Å². The third-order valence-electron chi connectivity index (χ3n) is 2.65. The molecule has 8 heteroatoms. The van der Waals surface area contributed by atoms with E-state index >= 15 is 0 Å². The molecule has 3 N–H and O–H groups in total. The second-order valence-electron chi connectivity index (χ2n) is 4.14. The summed E-state index contributed by atoms with van der Waals surface area (Å²) in [5.74, 6) is 0.617. The number of nitrogens with one attached hydrogen (secondary N) is 1. The smallest absolute Gasteiger partial charge is 0.263 e. The standard InChI is InChI=1S/C13H12Br2N2O3S/c1-20-12-4-3-9(7-10(12)14)17-21(18,19)13-5-2-8(16)6-11(13)15/h2-7,17H,16H2,1H3. The maximum absolute atomic E-state index is 12.4. The molecule has 0 amide bonds. The van der Waals surface area contributed by atoms with Gasteiger partial charge in [0.1, 0.15) is 10.6 Å². The molecule has 21 heavy (non-hydrogen) atoms. The quantitative estimate of drug-likeness (QED) is 0.718. The van der Waals surface area contributed by atoms with Crippen molar-refractivity contribution in [3.63, 3.8) is 0 Å². The minimum Gasteiger partial charge on any atom is -0.496 e. The lowest BCUT2D eigenvalue weighted by Gasteiger charge is -2.11. The zero-order valence-electron chi connectivity index (χ0n) is 10.9. The van der Waals surface area contributed by atoms with Crippen molar-refractivity contribution in [2.24, 2.45) is 0 Å². The van der Waals surface area contributed by atoms with Crippen LogP contribution in [0.25, 0.3) is 0 Å². The van der Waals surface area contributed by atoms with Gasteiger partial charge < -0.3 is 10.5 Å². The summed E-state index contributed by atoms with van der Waals surface area (Å²) in [4.78, 5) is 0.114. The Hall–Kier alpha value is -1.25. The first kappa shape index (κ1) is 16.1. The molecule has 0 spiro atoms. The number of ether oxygens (including phenoxy) is 1. The van der Waals surface area contributed by atoms with Crippen LogP contribution >= 0.6 is 31.9 Å². The van der Waals surface area contributed by atoms with E-state index in [2.05, 4.69) is 36.6 Å². The Morgan fingerprint density at radius 1 is 1.10 bits per heavy atom. The lowest BCUT2D eigenvalue weighted by molar-refractivity contribution is 0.412. The van der Waals surface area contributed by atoms with Gasteiger partial charge >= 0.3 is 0 Å². The molecule has 0 aliphatic heterocycles. The number of nitrogens with two attached hydrogens (primary N) is 1. The fourth-order valence-electron chi connectivity index (χ4n) is 1.68. The Kier molecular flexibility index (Phi) is 4.80. The molecule has 0 atom stereocenters. The molecular formula is C13H12Br2N2O3S. The van der Waals surface area contributed by atoms with Crippen LogP contribution in [-0.4, -0.2) is 15.5 Å². The minimum absolute atomic E-state index is 0.114. The van der Waals surface area contributed by atoms with Crippen molar-refractivity contribution in [3.8, 4) is 5.75 Å². The molecule has 112 valence electrons. The van der Waals surface area contributed by atoms with Crippen molar-refractivity contribution in [2.45, 2.75) is 4.90 Å². The van der Waals surface area contributed by atoms with E-state index < -0.39 is 10.0 Å². The van der Waals surface area contributed by atoms with E-state index in [0.29, 0.717) is 26.1 Å². The first-order chi connectivity index (χ1) is 9.83. The van der Waals surface area contributed by atoms with Gasteiger partial charge in [-0.3, -0.25) is 4.72 Å². The number of sulfonamides is 1. The Balaban J connectivity index is 2.35. The molecule has 0 saturated carbocycles. The highest BCUT2D eigenvalue weighted by molar-refractivity contribution is 9.10. The van der Waals surface area contributed by atoms with Gasteiger partial charge in [0.2, 0.25) is 0 Å². The van der Waals surface area contributed by atoms with Gasteiger partial charge in [-0.2, -0.15) is 0 Å². The summed E-state index contributed by atoms with van der Waals surface area (Å²) in [5, 5.41) is 0. The van der Waals surface area contributed by atoms with Gasteiger partial charge in [-0.15, -0.1) is 0 Å². The second kappa shape index (κ2) is 6.25. The Morgan fingerprint density at radius 2 is 1.81 bits per heavy atom. The van der Waals surface area contributed by atoms with Crippen LogP contribution in [-0.2, 0) is 10.0 Å². The number of hydrogen-bond acceptors (Lipinski definition) is 4. The van der Waals surface area contributed by atoms with Gasteiger partial charge in [0, 0.05) is 10.2 Å². The Morgan fingerprint density at radius 3 is 2.38 bits per heavy atom. The van der Waals surface area contributed by atoms with E-state index in [0.717, 1.165) is 0 Å². The van der Waals surface area contributed by atoms with Crippen LogP contribution in [0.1, 0.15) is 0 Å². The normalized spacial score (nSPS) is 11.2. The van der Waals surface area contributed by atoms with Crippen LogP contribution in [0.15, 0.2) is 50.2 Å². The van der Waals surface area contributed by atoms with E-state index in [1.807, 2.05) is 0 Å². The second-order valence-corrected chi connectivity index (χ2v) is 7.50. The molecular weight excluding hydrogens is 424 g/mol. The first-order valence-corrected chi connectivity index (χ1v) is 8.82. The molecule has 0 aliphatic rings. The predicted octanol–water partition coefficient (Wildman–Crippen LogP) is 3.60. The molecule has 0 bridgehead atoms. The summed E-state index contributed by atoms with van der Waals surface area (Å²) in [7, 11) is -2.17. The molecule has 2 rings (SSSR count). The maximum atomic E-state index is 12.4. The van der Waals surface area contributed by atoms with Crippen molar-refractivity contribution in [3.05, 3.63) is 45.3 Å². The summed E-state index contributed by atoms with van der Waals surface area (Å²) in [6.07, 6.45) is 0. The van der Waals surface area contributed by atoms with Crippen molar-refractivity contribution in [1.29, 1.82) is 0 Å². The highest BCUT2D eigenvalue weighted by atomic mass is 79.9. The zero-order chi connectivity index (χ0) is 15.6. The minimum atomic E-state index is -3.71. The largest absolute Gasteiger partial charge is 0.496 e. The highest BCUT2D eigenvalue weighted by Gasteiger charge is 2.18. The van der Waals surface area contributed by atoms with Crippen molar-refractivity contribution in [2.75, 3.05) is 17.6 Å². The summed E-state index contributed by atoms with van der Waals surface area (Å²) in [5.41, 5.74) is 6.51. The van der Waals surface area contributed by atoms with Crippen molar-refractivity contribution >= 4 is 53.3 Å². The number of methoxy groups -OCH3 is 1. The van der Waals surface area contributed by atoms with Crippen LogP contribution in [0.4, 0.5) is 11.4 Å². The van der Waals surface area contributed by atoms with Crippen LogP contribution in [0.5, 0.6) is 5.75 Å². The average Bonchev–Trinajstić information content (AvgIpc) is 2.37. The van der Waals surface area contributed by atoms with E-state index in [1.54, 1.807) is 24.3 Å². The number of rotatable bonds is 4. The molecule has 0 saturated heterocycles. The van der Waals surface area contributed by atoms with Gasteiger partial charge in [0.15, 0.2) is 0 Å². The van der Waals surface area contributed by atoms with Gasteiger partial charge in [0.25, 0.3) is 10.0 Å². The van der Waals surface area contributed by atoms with Gasteiger partial charge in [-0.25, -0.2) is 8.42 Å². The predicted molar refractivity (Wildman–Crippen MR) is 90.1 cm³/mol. The van der Waals surface area contributed by atoms with Crippen molar-refractivity contribution in [1.82, 2.24) is 0 Å². The lowest BCUT2D eigenvalue weighted by Crippen LogP contribution is -2.13. The SMILES string of the molecule is COc1ccc(NS(=O)(=O)c2ccc(N)cc2Br)cc1Br. The Bertz CT molecular complexity index is 779. The lowest BCUT2D eigenvalue weighted by atomic mass is 10.3. The third-order valence-corrected chi connectivity index (χ3v) is 5.63. The molecule has 0 aromatic heterocycles. The summed E-state index contributed by atoms with van der Waals surface area (Å²) in [6.45, 7) is 0. The molecule has 0 unspecified atom stereocenters. The number of hydrogen-bond donors (Lipinski definition) is 2. The first-order valence-electron chi connectivity index (χ1n) is 5.75. The maximum Gasteiger partial charge on any atom is 0.263 e. The molecule has 0 aliphatic carbocycles. The fourth-order valence-corrected chi connectivity index (χ4v) is 4.36. The molecule has 0 fully saturated rings. The van der Waals surface area contributed by atoms with E-state index in [9.17, 15) is 8.42 Å². The summed E-state index contributed by atoms with van der Waals surface area (Å²) >= 11 is 6.51. The van der Waals surface area contributed by atoms with Gasteiger partial charge in [0.05, 0.1) is 17.3 Å². The van der Waals surface area contributed by atoms with Crippen molar-refractivity contribution < 1.29 is 13.2 Å². The topological polar surface area (TPSA) is 81.4 Å². The number of nitrogen functional groups attached to an aromatic ring is 1. The number of benzene rings is 2. The summed E-state index contributed by atoms with van der Waals surface area (Å²) in [6, 6.07) is 9.43. The molecule has 2 aromatic rings. The van der Waals surface area contributed by atoms with Gasteiger partial charge in [-0.05, 0) is 68.3 Å². The van der Waals surface area contributed by atoms with Gasteiger partial charge in [-0.1, -0.05) is 0 Å². The molecule has 0 radical (unpaired) electrons. The monoisotopic (exact) mass is 434 g/mol. The molecule has 5 nitrogen and oxygen atoms in total. The zero-order valence-corrected chi connectivity index (χ0v) is 14.9. The number of halogens is 2. The van der Waals surface area contributed by atoms with Crippen LogP contribution in [0.2, 0.25) is 0 Å². The summed E-state index contributed by atoms with van der Waals surface area (Å²) < 4.78 is 33.4. The number of anilines is 2. The fraction of sp³-hybridized carbons (Fsp3) is 0.0769. The average molecular weight is 436 g/mol. The third kappa shape index (κ3) is 3.69. The van der Waals surface area contributed by atoms with E-state index in [1.165, 1.54) is 19.2 Å².